The van der Waals surface area contributed by atoms with Crippen LogP contribution >= 0.6 is 23.1 Å². The zero-order valence-corrected chi connectivity index (χ0v) is 15.7. The summed E-state index contributed by atoms with van der Waals surface area (Å²) >= 11 is 7.37. The van der Waals surface area contributed by atoms with Gasteiger partial charge in [0.1, 0.15) is 11.6 Å². The van der Waals surface area contributed by atoms with E-state index in [9.17, 15) is 4.79 Å². The van der Waals surface area contributed by atoms with Crippen LogP contribution in [0.15, 0.2) is 48.5 Å². The van der Waals surface area contributed by atoms with Gasteiger partial charge in [0.05, 0.1) is 4.70 Å². The molecule has 134 valence electrons. The first-order chi connectivity index (χ1) is 12.7. The summed E-state index contributed by atoms with van der Waals surface area (Å²) in [6.07, 6.45) is 0. The molecule has 1 fully saturated rings. The molecule has 0 bridgehead atoms. The molecule has 1 saturated heterocycles. The topological polar surface area (TPSA) is 45.7 Å². The average molecular weight is 388 g/mol. The second-order valence-electron chi connectivity index (χ2n) is 6.11. The molecule has 1 aromatic heterocycles. The van der Waals surface area contributed by atoms with Gasteiger partial charge in [-0.05, 0) is 47.9 Å². The number of hydrogen-bond donors (Lipinski definition) is 0. The summed E-state index contributed by atoms with van der Waals surface area (Å²) in [7, 11) is 0. The van der Waals surface area contributed by atoms with Crippen LogP contribution in [0.3, 0.4) is 0 Å². The van der Waals surface area contributed by atoms with Gasteiger partial charge in [-0.2, -0.15) is 4.37 Å². The van der Waals surface area contributed by atoms with Crippen molar-refractivity contribution in [3.8, 4) is 5.75 Å². The molecule has 2 aromatic carbocycles. The number of benzene rings is 2. The van der Waals surface area contributed by atoms with Gasteiger partial charge in [-0.3, -0.25) is 4.79 Å². The molecule has 26 heavy (non-hydrogen) atoms. The van der Waals surface area contributed by atoms with Crippen molar-refractivity contribution in [3.05, 3.63) is 53.6 Å². The van der Waals surface area contributed by atoms with Gasteiger partial charge < -0.3 is 14.5 Å². The third-order valence-electron chi connectivity index (χ3n) is 4.47. The molecule has 3 aromatic rings. The highest BCUT2D eigenvalue weighted by atomic mass is 35.5. The van der Waals surface area contributed by atoms with Crippen molar-refractivity contribution in [2.75, 3.05) is 37.7 Å². The van der Waals surface area contributed by atoms with Crippen LogP contribution in [0, 0.1) is 0 Å². The Kier molecular flexibility index (Phi) is 4.95. The number of fused-ring (bicyclic) bond motifs is 1. The number of hydrogen-bond acceptors (Lipinski definition) is 5. The first-order valence-corrected chi connectivity index (χ1v) is 9.61. The largest absolute Gasteiger partial charge is 0.484 e. The van der Waals surface area contributed by atoms with Crippen molar-refractivity contribution in [1.82, 2.24) is 9.27 Å². The van der Waals surface area contributed by atoms with E-state index in [1.54, 1.807) is 24.3 Å². The summed E-state index contributed by atoms with van der Waals surface area (Å²) in [6.45, 7) is 2.95. The number of halogens is 1. The van der Waals surface area contributed by atoms with E-state index in [4.69, 9.17) is 16.3 Å². The highest BCUT2D eigenvalue weighted by Crippen LogP contribution is 2.29. The van der Waals surface area contributed by atoms with Crippen molar-refractivity contribution in [3.63, 3.8) is 0 Å². The van der Waals surface area contributed by atoms with Crippen LogP contribution in [0.4, 0.5) is 5.82 Å². The third-order valence-corrected chi connectivity index (χ3v) is 5.54. The number of carbonyl (C=O) groups is 1. The third kappa shape index (κ3) is 3.61. The molecular formula is C19H18ClN3O2S. The highest BCUT2D eigenvalue weighted by molar-refractivity contribution is 7.13. The number of rotatable bonds is 4. The lowest BCUT2D eigenvalue weighted by molar-refractivity contribution is -0.133. The number of anilines is 1. The lowest BCUT2D eigenvalue weighted by atomic mass is 10.2. The molecule has 0 unspecified atom stereocenters. The maximum atomic E-state index is 12.4. The van der Waals surface area contributed by atoms with E-state index in [-0.39, 0.29) is 12.5 Å². The zero-order chi connectivity index (χ0) is 17.9. The standard InChI is InChI=1S/C19H18ClN3O2S/c20-14-5-7-15(8-6-14)25-13-18(24)22-9-11-23(12-10-22)19-16-3-1-2-4-17(16)26-21-19/h1-8H,9-13H2. The van der Waals surface area contributed by atoms with E-state index in [0.717, 1.165) is 18.9 Å². The predicted octanol–water partition coefficient (Wildman–Crippen LogP) is 3.68. The fraction of sp³-hybridized carbons (Fsp3) is 0.263. The highest BCUT2D eigenvalue weighted by Gasteiger charge is 2.23. The number of nitrogens with zero attached hydrogens (tertiary/aromatic N) is 3. The van der Waals surface area contributed by atoms with Crippen LogP contribution < -0.4 is 9.64 Å². The SMILES string of the molecule is O=C(COc1ccc(Cl)cc1)N1CCN(c2nsc3ccccc23)CC1. The van der Waals surface area contributed by atoms with Crippen molar-refractivity contribution >= 4 is 44.9 Å². The smallest absolute Gasteiger partial charge is 0.260 e. The Morgan fingerprint density at radius 3 is 2.58 bits per heavy atom. The predicted molar refractivity (Wildman–Crippen MR) is 105 cm³/mol. The van der Waals surface area contributed by atoms with E-state index in [0.29, 0.717) is 23.9 Å². The molecule has 0 radical (unpaired) electrons. The van der Waals surface area contributed by atoms with Crippen LogP contribution in [0.1, 0.15) is 0 Å². The minimum Gasteiger partial charge on any atom is -0.484 e. The van der Waals surface area contributed by atoms with Crippen molar-refractivity contribution in [2.45, 2.75) is 0 Å². The van der Waals surface area contributed by atoms with E-state index in [1.807, 2.05) is 17.0 Å². The van der Waals surface area contributed by atoms with Crippen LogP contribution in [0.25, 0.3) is 10.1 Å². The lowest BCUT2D eigenvalue weighted by Gasteiger charge is -2.35. The van der Waals surface area contributed by atoms with Crippen LogP contribution in [-0.2, 0) is 4.79 Å². The fourth-order valence-corrected chi connectivity index (χ4v) is 3.96. The van der Waals surface area contributed by atoms with Crippen molar-refractivity contribution in [1.29, 1.82) is 0 Å². The molecule has 0 spiro atoms. The maximum Gasteiger partial charge on any atom is 0.260 e. The summed E-state index contributed by atoms with van der Waals surface area (Å²) in [4.78, 5) is 16.5. The zero-order valence-electron chi connectivity index (χ0n) is 14.1. The van der Waals surface area contributed by atoms with E-state index in [1.165, 1.54) is 21.6 Å². The van der Waals surface area contributed by atoms with Gasteiger partial charge in [0, 0.05) is 36.6 Å². The van der Waals surface area contributed by atoms with Crippen molar-refractivity contribution < 1.29 is 9.53 Å². The Morgan fingerprint density at radius 1 is 1.08 bits per heavy atom. The summed E-state index contributed by atoms with van der Waals surface area (Å²) in [5, 5.41) is 1.83. The molecule has 0 N–H and O–H groups in total. The summed E-state index contributed by atoms with van der Waals surface area (Å²) in [5.41, 5.74) is 0. The Bertz CT molecular complexity index is 905. The fourth-order valence-electron chi connectivity index (χ4n) is 3.04. The second-order valence-corrected chi connectivity index (χ2v) is 7.35. The van der Waals surface area contributed by atoms with Crippen molar-refractivity contribution in [2.24, 2.45) is 0 Å². The Hall–Kier alpha value is -2.31. The van der Waals surface area contributed by atoms with E-state index < -0.39 is 0 Å². The number of carbonyl (C=O) groups excluding carboxylic acids is 1. The number of aromatic nitrogens is 1. The first kappa shape index (κ1) is 17.1. The number of piperazine rings is 1. The molecule has 2 heterocycles. The van der Waals surface area contributed by atoms with Gasteiger partial charge in [-0.25, -0.2) is 0 Å². The van der Waals surface area contributed by atoms with Crippen LogP contribution in [0.5, 0.6) is 5.75 Å². The first-order valence-electron chi connectivity index (χ1n) is 8.46. The minimum absolute atomic E-state index is 0.00253. The quantitative estimate of drug-likeness (QED) is 0.685. The van der Waals surface area contributed by atoms with Gasteiger partial charge in [0.2, 0.25) is 0 Å². The monoisotopic (exact) mass is 387 g/mol. The van der Waals surface area contributed by atoms with Gasteiger partial charge in [0.25, 0.3) is 5.91 Å². The number of ether oxygens (including phenoxy) is 1. The van der Waals surface area contributed by atoms with E-state index in [2.05, 4.69) is 21.4 Å². The molecule has 4 rings (SSSR count). The minimum atomic E-state index is 0.00253. The maximum absolute atomic E-state index is 12.4. The number of amides is 1. The molecule has 0 aliphatic carbocycles. The Balaban J connectivity index is 1.33. The van der Waals surface area contributed by atoms with Crippen LogP contribution in [-0.4, -0.2) is 48.0 Å². The molecular weight excluding hydrogens is 370 g/mol. The van der Waals surface area contributed by atoms with Gasteiger partial charge >= 0.3 is 0 Å². The second kappa shape index (κ2) is 7.51. The Morgan fingerprint density at radius 2 is 1.81 bits per heavy atom. The molecule has 0 saturated carbocycles. The summed E-state index contributed by atoms with van der Waals surface area (Å²) < 4.78 is 11.4. The normalized spacial score (nSPS) is 14.7. The Labute approximate surface area is 160 Å². The van der Waals surface area contributed by atoms with Gasteiger partial charge in [0.15, 0.2) is 6.61 Å². The molecule has 1 aliphatic rings. The van der Waals surface area contributed by atoms with Crippen LogP contribution in [0.2, 0.25) is 5.02 Å². The molecule has 1 aliphatic heterocycles. The molecule has 7 heteroatoms. The molecule has 0 atom stereocenters. The molecule has 5 nitrogen and oxygen atoms in total. The van der Waals surface area contributed by atoms with Gasteiger partial charge in [-0.1, -0.05) is 23.7 Å². The molecule has 1 amide bonds. The van der Waals surface area contributed by atoms with E-state index >= 15 is 0 Å². The summed E-state index contributed by atoms with van der Waals surface area (Å²) in [5.74, 6) is 1.67. The average Bonchev–Trinajstić information content (AvgIpc) is 3.11. The van der Waals surface area contributed by atoms with Gasteiger partial charge in [-0.15, -0.1) is 0 Å². The lowest BCUT2D eigenvalue weighted by Crippen LogP contribution is -2.50. The summed E-state index contributed by atoms with van der Waals surface area (Å²) in [6, 6.07) is 15.3.